The third-order valence-corrected chi connectivity index (χ3v) is 5.19. The number of fused-ring (bicyclic) bond motifs is 1. The molecular weight excluding hydrogens is 407 g/mol. The number of hydrogen-bond acceptors (Lipinski definition) is 5. The molecule has 0 fully saturated rings. The number of nitrogens with zero attached hydrogens (tertiary/aromatic N) is 4. The number of anilines is 2. The van der Waals surface area contributed by atoms with Crippen molar-refractivity contribution in [3.8, 4) is 0 Å². The Bertz CT molecular complexity index is 1180. The van der Waals surface area contributed by atoms with Crippen LogP contribution in [-0.2, 0) is 5.41 Å². The number of halogens is 2. The smallest absolute Gasteiger partial charge is 0.162 e. The lowest BCUT2D eigenvalue weighted by molar-refractivity contribution is 0.251. The number of hydrogen-bond donors (Lipinski definition) is 3. The number of H-pyrrole nitrogens is 1. The number of aliphatic hydroxyl groups is 1. The summed E-state index contributed by atoms with van der Waals surface area (Å²) in [7, 11) is 0. The summed E-state index contributed by atoms with van der Waals surface area (Å²) in [6, 6.07) is 9.14. The molecule has 0 saturated heterocycles. The molecule has 0 saturated carbocycles. The summed E-state index contributed by atoms with van der Waals surface area (Å²) in [6.45, 7) is 6.07. The van der Waals surface area contributed by atoms with Crippen molar-refractivity contribution in [1.82, 2.24) is 24.7 Å². The van der Waals surface area contributed by atoms with Gasteiger partial charge >= 0.3 is 0 Å². The maximum atomic E-state index is 13.3. The van der Waals surface area contributed by atoms with Crippen LogP contribution in [0.15, 0.2) is 42.7 Å². The summed E-state index contributed by atoms with van der Waals surface area (Å²) in [5, 5.41) is 20.8. The predicted octanol–water partition coefficient (Wildman–Crippen LogP) is 4.57. The molecule has 0 bridgehead atoms. The summed E-state index contributed by atoms with van der Waals surface area (Å²) < 4.78 is 15.0. The van der Waals surface area contributed by atoms with Gasteiger partial charge in [0.1, 0.15) is 11.3 Å². The van der Waals surface area contributed by atoms with Crippen LogP contribution in [-0.4, -0.2) is 36.4 Å². The highest BCUT2D eigenvalue weighted by atomic mass is 35.5. The quantitative estimate of drug-likeness (QED) is 0.433. The minimum absolute atomic E-state index is 0.0732. The van der Waals surface area contributed by atoms with E-state index in [2.05, 4.69) is 46.3 Å². The molecular formula is C21H22ClFN6O. The molecule has 1 aromatic carbocycles. The van der Waals surface area contributed by atoms with E-state index in [-0.39, 0.29) is 17.8 Å². The fraction of sp³-hybridized carbons (Fsp3) is 0.286. The van der Waals surface area contributed by atoms with E-state index in [4.69, 9.17) is 11.6 Å². The van der Waals surface area contributed by atoms with Gasteiger partial charge in [0.2, 0.25) is 0 Å². The Morgan fingerprint density at radius 1 is 1.23 bits per heavy atom. The minimum atomic E-state index is -0.463. The maximum absolute atomic E-state index is 13.3. The molecule has 30 heavy (non-hydrogen) atoms. The van der Waals surface area contributed by atoms with Gasteiger partial charge in [0.25, 0.3) is 0 Å². The van der Waals surface area contributed by atoms with Gasteiger partial charge < -0.3 is 15.0 Å². The van der Waals surface area contributed by atoms with E-state index in [0.29, 0.717) is 27.8 Å². The van der Waals surface area contributed by atoms with Crippen LogP contribution in [0.1, 0.15) is 38.1 Å². The van der Waals surface area contributed by atoms with Crippen molar-refractivity contribution >= 4 is 34.4 Å². The van der Waals surface area contributed by atoms with Gasteiger partial charge in [-0.2, -0.15) is 5.10 Å². The number of benzene rings is 1. The van der Waals surface area contributed by atoms with E-state index < -0.39 is 6.04 Å². The summed E-state index contributed by atoms with van der Waals surface area (Å²) >= 11 is 6.40. The van der Waals surface area contributed by atoms with Crippen molar-refractivity contribution < 1.29 is 9.50 Å². The second-order valence-corrected chi connectivity index (χ2v) is 8.51. The van der Waals surface area contributed by atoms with Gasteiger partial charge in [-0.3, -0.25) is 5.10 Å². The average Bonchev–Trinajstić information content (AvgIpc) is 3.32. The van der Waals surface area contributed by atoms with Crippen LogP contribution in [0.25, 0.3) is 11.2 Å². The Labute approximate surface area is 177 Å². The SMILES string of the molecule is CC(C)(C)c1cc(Nc2nc3c(cc2Cl)ncn3C(CO)c2ccc(F)cc2)n[nH]1. The number of pyridine rings is 1. The second kappa shape index (κ2) is 7.70. The van der Waals surface area contributed by atoms with Gasteiger partial charge in [-0.25, -0.2) is 14.4 Å². The molecule has 0 radical (unpaired) electrons. The highest BCUT2D eigenvalue weighted by Gasteiger charge is 2.20. The Morgan fingerprint density at radius 2 is 1.97 bits per heavy atom. The lowest BCUT2D eigenvalue weighted by Gasteiger charge is -2.17. The standard InChI is InChI=1S/C21H22ClFN6O/c1-21(2,3)17-9-18(28-27-17)25-19-14(22)8-15-20(26-19)29(11-24-15)16(10-30)12-4-6-13(23)7-5-12/h4-9,11,16,30H,10H2,1-3H3,(H2,25,26,27,28). The van der Waals surface area contributed by atoms with Crippen LogP contribution in [0.3, 0.4) is 0 Å². The monoisotopic (exact) mass is 428 g/mol. The number of aromatic amines is 1. The molecule has 1 unspecified atom stereocenters. The van der Waals surface area contributed by atoms with E-state index >= 15 is 0 Å². The highest BCUT2D eigenvalue weighted by molar-refractivity contribution is 6.33. The van der Waals surface area contributed by atoms with Crippen molar-refractivity contribution in [2.24, 2.45) is 0 Å². The zero-order valence-electron chi connectivity index (χ0n) is 16.8. The number of imidazole rings is 1. The summed E-state index contributed by atoms with van der Waals surface area (Å²) in [6.07, 6.45) is 1.59. The van der Waals surface area contributed by atoms with E-state index in [1.54, 1.807) is 29.1 Å². The van der Waals surface area contributed by atoms with Crippen LogP contribution in [0.4, 0.5) is 16.0 Å². The summed E-state index contributed by atoms with van der Waals surface area (Å²) in [5.74, 6) is 0.682. The van der Waals surface area contributed by atoms with E-state index in [1.165, 1.54) is 12.1 Å². The zero-order chi connectivity index (χ0) is 21.5. The van der Waals surface area contributed by atoms with Crippen molar-refractivity contribution in [2.45, 2.75) is 32.2 Å². The molecule has 3 N–H and O–H groups in total. The van der Waals surface area contributed by atoms with Crippen LogP contribution >= 0.6 is 11.6 Å². The Hall–Kier alpha value is -2.97. The maximum Gasteiger partial charge on any atom is 0.162 e. The van der Waals surface area contributed by atoms with Gasteiger partial charge in [0, 0.05) is 17.2 Å². The topological polar surface area (TPSA) is 91.7 Å². The molecule has 4 rings (SSSR count). The molecule has 0 aliphatic rings. The van der Waals surface area contributed by atoms with Crippen LogP contribution in [0.5, 0.6) is 0 Å². The van der Waals surface area contributed by atoms with Crippen molar-refractivity contribution in [1.29, 1.82) is 0 Å². The fourth-order valence-corrected chi connectivity index (χ4v) is 3.37. The lowest BCUT2D eigenvalue weighted by Crippen LogP contribution is -2.14. The Kier molecular flexibility index (Phi) is 5.21. The first-order valence-corrected chi connectivity index (χ1v) is 9.86. The summed E-state index contributed by atoms with van der Waals surface area (Å²) in [4.78, 5) is 8.99. The molecule has 4 aromatic rings. The van der Waals surface area contributed by atoms with E-state index in [1.807, 2.05) is 6.07 Å². The lowest BCUT2D eigenvalue weighted by atomic mass is 9.92. The van der Waals surface area contributed by atoms with Gasteiger partial charge in [0.15, 0.2) is 17.3 Å². The zero-order valence-corrected chi connectivity index (χ0v) is 17.6. The van der Waals surface area contributed by atoms with Crippen LogP contribution < -0.4 is 5.32 Å². The van der Waals surface area contributed by atoms with Gasteiger partial charge in [-0.1, -0.05) is 44.5 Å². The van der Waals surface area contributed by atoms with Gasteiger partial charge in [-0.05, 0) is 23.8 Å². The molecule has 156 valence electrons. The fourth-order valence-electron chi connectivity index (χ4n) is 3.18. The third kappa shape index (κ3) is 3.88. The van der Waals surface area contributed by atoms with Gasteiger partial charge in [-0.15, -0.1) is 0 Å². The molecule has 3 aromatic heterocycles. The third-order valence-electron chi connectivity index (χ3n) is 4.90. The minimum Gasteiger partial charge on any atom is -0.394 e. The first-order chi connectivity index (χ1) is 14.3. The first-order valence-electron chi connectivity index (χ1n) is 9.48. The Morgan fingerprint density at radius 3 is 2.60 bits per heavy atom. The van der Waals surface area contributed by atoms with E-state index in [0.717, 1.165) is 11.3 Å². The molecule has 0 amide bonds. The molecule has 9 heteroatoms. The number of aromatic nitrogens is 5. The molecule has 0 aliphatic carbocycles. The number of aliphatic hydroxyl groups excluding tert-OH is 1. The average molecular weight is 429 g/mol. The molecule has 0 aliphatic heterocycles. The summed E-state index contributed by atoms with van der Waals surface area (Å²) in [5.41, 5.74) is 2.77. The van der Waals surface area contributed by atoms with Crippen molar-refractivity contribution in [3.05, 3.63) is 64.8 Å². The number of nitrogens with one attached hydrogen (secondary N) is 2. The van der Waals surface area contributed by atoms with Crippen LogP contribution in [0.2, 0.25) is 5.02 Å². The van der Waals surface area contributed by atoms with E-state index in [9.17, 15) is 9.50 Å². The van der Waals surface area contributed by atoms with Crippen LogP contribution in [0, 0.1) is 5.82 Å². The highest BCUT2D eigenvalue weighted by Crippen LogP contribution is 2.30. The predicted molar refractivity (Wildman–Crippen MR) is 115 cm³/mol. The van der Waals surface area contributed by atoms with Crippen molar-refractivity contribution in [2.75, 3.05) is 11.9 Å². The second-order valence-electron chi connectivity index (χ2n) is 8.11. The van der Waals surface area contributed by atoms with Crippen molar-refractivity contribution in [3.63, 3.8) is 0 Å². The first kappa shape index (κ1) is 20.3. The molecule has 1 atom stereocenters. The van der Waals surface area contributed by atoms with Gasteiger partial charge in [0.05, 0.1) is 24.0 Å². The molecule has 7 nitrogen and oxygen atoms in total. The normalized spacial score (nSPS) is 13.0. The molecule has 3 heterocycles. The molecule has 0 spiro atoms. The number of rotatable bonds is 5. The largest absolute Gasteiger partial charge is 0.394 e. The Balaban J connectivity index is 1.72.